The van der Waals surface area contributed by atoms with E-state index in [4.69, 9.17) is 0 Å². The molecule has 1 fully saturated rings. The fraction of sp³-hybridized carbons (Fsp3) is 0.889. The predicted octanol–water partition coefficient (Wildman–Crippen LogP) is -0.663. The van der Waals surface area contributed by atoms with E-state index >= 15 is 0 Å². The van der Waals surface area contributed by atoms with Crippen molar-refractivity contribution < 1.29 is 51.4 Å². The first-order chi connectivity index (χ1) is 4.43. The molecule has 1 aliphatic rings. The zero-order valence-electron chi connectivity index (χ0n) is 8.40. The van der Waals surface area contributed by atoms with E-state index in [-0.39, 0.29) is 58.8 Å². The van der Waals surface area contributed by atoms with E-state index < -0.39 is 0 Å². The summed E-state index contributed by atoms with van der Waals surface area (Å²) in [5.74, 6) is 0. The Hall–Kier alpha value is 1.60. The molecule has 0 aliphatic carbocycles. The van der Waals surface area contributed by atoms with Crippen molar-refractivity contribution in [2.24, 2.45) is 0 Å². The molecule has 1 rings (SSSR count). The first-order valence-corrected chi connectivity index (χ1v) is 4.16. The molecule has 11 heavy (non-hydrogen) atoms. The summed E-state index contributed by atoms with van der Waals surface area (Å²) in [5.41, 5.74) is 0. The van der Waals surface area contributed by atoms with Gasteiger partial charge in [0.05, 0.1) is 0 Å². The molecule has 1 nitrogen and oxygen atoms in total. The van der Waals surface area contributed by atoms with Crippen molar-refractivity contribution in [1.82, 2.24) is 4.90 Å². The third-order valence-electron chi connectivity index (χ3n) is 2.15. The van der Waals surface area contributed by atoms with Crippen molar-refractivity contribution in [3.63, 3.8) is 0 Å². The molecule has 0 radical (unpaired) electrons. The Balaban J connectivity index is 0. The molecule has 1 heterocycles. The predicted molar refractivity (Wildman–Crippen MR) is 47.0 cm³/mol. The maximum Gasteiger partial charge on any atom is 1.00 e. The molecule has 0 bridgehead atoms. The quantitative estimate of drug-likeness (QED) is 0.383. The van der Waals surface area contributed by atoms with Crippen LogP contribution in [0.15, 0.2) is 0 Å². The Morgan fingerprint density at radius 2 is 1.45 bits per heavy atom. The standard InChI is InChI=1S/C8H17N.CH3.K/c1-2-9-7-5-3-4-6-8-9;;/h2-8H2,1H3;1H3;/q;-1;+1. The molecule has 0 saturated carbocycles. The van der Waals surface area contributed by atoms with Gasteiger partial charge in [0.25, 0.3) is 0 Å². The van der Waals surface area contributed by atoms with E-state index in [1.807, 2.05) is 0 Å². The van der Waals surface area contributed by atoms with Gasteiger partial charge in [0.15, 0.2) is 0 Å². The average molecular weight is 181 g/mol. The maximum absolute atomic E-state index is 2.55. The Morgan fingerprint density at radius 1 is 1.00 bits per heavy atom. The first-order valence-electron chi connectivity index (χ1n) is 4.16. The average Bonchev–Trinajstić information content (AvgIpc) is 2.13. The third-order valence-corrected chi connectivity index (χ3v) is 2.15. The van der Waals surface area contributed by atoms with Gasteiger partial charge >= 0.3 is 51.4 Å². The number of hydrogen-bond acceptors (Lipinski definition) is 1. The molecule has 0 N–H and O–H groups in total. The fourth-order valence-electron chi connectivity index (χ4n) is 1.45. The van der Waals surface area contributed by atoms with E-state index in [2.05, 4.69) is 11.8 Å². The molecular formula is C9H20KN. The maximum atomic E-state index is 2.55. The third kappa shape index (κ3) is 6.73. The summed E-state index contributed by atoms with van der Waals surface area (Å²) in [4.78, 5) is 2.55. The molecule has 0 aromatic carbocycles. The molecule has 0 unspecified atom stereocenters. The van der Waals surface area contributed by atoms with E-state index in [1.165, 1.54) is 45.3 Å². The zero-order valence-corrected chi connectivity index (χ0v) is 11.5. The Kier molecular flexibility index (Phi) is 13.3. The van der Waals surface area contributed by atoms with Crippen molar-refractivity contribution in [3.05, 3.63) is 7.43 Å². The van der Waals surface area contributed by atoms with Crippen LogP contribution in [0.2, 0.25) is 0 Å². The molecule has 1 aliphatic heterocycles. The first kappa shape index (κ1) is 15.1. The van der Waals surface area contributed by atoms with E-state index in [0.29, 0.717) is 0 Å². The van der Waals surface area contributed by atoms with Crippen LogP contribution in [0.5, 0.6) is 0 Å². The SMILES string of the molecule is CCN1CCCCCC1.[CH3-].[K+]. The van der Waals surface area contributed by atoms with Crippen LogP contribution in [0.3, 0.4) is 0 Å². The molecule has 0 atom stereocenters. The molecule has 0 aromatic rings. The molecular weight excluding hydrogens is 161 g/mol. The van der Waals surface area contributed by atoms with Gasteiger partial charge in [0.2, 0.25) is 0 Å². The van der Waals surface area contributed by atoms with Gasteiger partial charge in [0, 0.05) is 0 Å². The van der Waals surface area contributed by atoms with Gasteiger partial charge in [-0.1, -0.05) is 19.8 Å². The monoisotopic (exact) mass is 181 g/mol. The minimum absolute atomic E-state index is 0. The van der Waals surface area contributed by atoms with Crippen molar-refractivity contribution in [3.8, 4) is 0 Å². The minimum Gasteiger partial charge on any atom is -0.358 e. The largest absolute Gasteiger partial charge is 1.00 e. The normalized spacial score (nSPS) is 19.4. The fourth-order valence-corrected chi connectivity index (χ4v) is 1.45. The van der Waals surface area contributed by atoms with Crippen molar-refractivity contribution in [2.45, 2.75) is 32.6 Å². The van der Waals surface area contributed by atoms with Gasteiger partial charge in [-0.15, -0.1) is 0 Å². The van der Waals surface area contributed by atoms with E-state index in [0.717, 1.165) is 0 Å². The summed E-state index contributed by atoms with van der Waals surface area (Å²) in [6.45, 7) is 6.19. The Morgan fingerprint density at radius 3 is 1.82 bits per heavy atom. The summed E-state index contributed by atoms with van der Waals surface area (Å²) in [6.07, 6.45) is 5.76. The van der Waals surface area contributed by atoms with Gasteiger partial charge in [-0.05, 0) is 32.5 Å². The van der Waals surface area contributed by atoms with Gasteiger partial charge < -0.3 is 12.3 Å². The van der Waals surface area contributed by atoms with E-state index in [9.17, 15) is 0 Å². The van der Waals surface area contributed by atoms with Crippen LogP contribution in [-0.2, 0) is 0 Å². The van der Waals surface area contributed by atoms with Crippen LogP contribution >= 0.6 is 0 Å². The van der Waals surface area contributed by atoms with Crippen LogP contribution < -0.4 is 51.4 Å². The topological polar surface area (TPSA) is 3.24 Å². The Labute approximate surface area is 114 Å². The van der Waals surface area contributed by atoms with Crippen molar-refractivity contribution in [2.75, 3.05) is 19.6 Å². The van der Waals surface area contributed by atoms with Crippen LogP contribution in [0.4, 0.5) is 0 Å². The summed E-state index contributed by atoms with van der Waals surface area (Å²) in [6, 6.07) is 0. The zero-order chi connectivity index (χ0) is 6.53. The molecule has 2 heteroatoms. The van der Waals surface area contributed by atoms with Crippen LogP contribution in [0, 0.1) is 7.43 Å². The molecule has 0 amide bonds. The second-order valence-electron chi connectivity index (χ2n) is 2.85. The van der Waals surface area contributed by atoms with Gasteiger partial charge in [-0.25, -0.2) is 0 Å². The van der Waals surface area contributed by atoms with E-state index in [1.54, 1.807) is 0 Å². The van der Waals surface area contributed by atoms with Gasteiger partial charge in [0.1, 0.15) is 0 Å². The second-order valence-corrected chi connectivity index (χ2v) is 2.85. The molecule has 62 valence electrons. The van der Waals surface area contributed by atoms with Crippen LogP contribution in [0.25, 0.3) is 0 Å². The molecule has 0 spiro atoms. The van der Waals surface area contributed by atoms with Gasteiger partial charge in [-0.2, -0.15) is 0 Å². The second kappa shape index (κ2) is 9.68. The molecule has 1 saturated heterocycles. The summed E-state index contributed by atoms with van der Waals surface area (Å²) in [5, 5.41) is 0. The summed E-state index contributed by atoms with van der Waals surface area (Å²) < 4.78 is 0. The number of nitrogens with zero attached hydrogens (tertiary/aromatic N) is 1. The van der Waals surface area contributed by atoms with Crippen LogP contribution in [0.1, 0.15) is 32.6 Å². The van der Waals surface area contributed by atoms with Crippen LogP contribution in [-0.4, -0.2) is 24.5 Å². The van der Waals surface area contributed by atoms with Crippen molar-refractivity contribution >= 4 is 0 Å². The number of rotatable bonds is 1. The van der Waals surface area contributed by atoms with Gasteiger partial charge in [-0.3, -0.25) is 0 Å². The summed E-state index contributed by atoms with van der Waals surface area (Å²) >= 11 is 0. The summed E-state index contributed by atoms with van der Waals surface area (Å²) in [7, 11) is 0. The Bertz CT molecular complexity index is 68.0. The number of likely N-dealkylation sites (tertiary alicyclic amines) is 1. The number of hydrogen-bond donors (Lipinski definition) is 0. The smallest absolute Gasteiger partial charge is 0.358 e. The van der Waals surface area contributed by atoms with Crippen molar-refractivity contribution in [1.29, 1.82) is 0 Å². The molecule has 0 aromatic heterocycles. The minimum atomic E-state index is 0.